The molecule has 0 saturated carbocycles. The van der Waals surface area contributed by atoms with Crippen LogP contribution in [0.25, 0.3) is 11.0 Å². The number of hydrogen-bond donors (Lipinski definition) is 1. The Morgan fingerprint density at radius 3 is 2.76 bits per heavy atom. The topological polar surface area (TPSA) is 43.8 Å². The molecule has 2 rings (SSSR count). The molecule has 0 fully saturated rings. The number of rotatable bonds is 4. The van der Waals surface area contributed by atoms with Crippen LogP contribution in [0.1, 0.15) is 45.4 Å². The molecule has 0 aliphatic carbocycles. The first kappa shape index (κ1) is 12.0. The second-order valence-electron chi connectivity index (χ2n) is 4.65. The van der Waals surface area contributed by atoms with Crippen LogP contribution >= 0.6 is 0 Å². The van der Waals surface area contributed by atoms with E-state index in [-0.39, 0.29) is 0 Å². The van der Waals surface area contributed by atoms with Crippen molar-refractivity contribution in [3.8, 4) is 0 Å². The molecule has 92 valence electrons. The third kappa shape index (κ3) is 2.14. The average molecular weight is 231 g/mol. The van der Waals surface area contributed by atoms with Gasteiger partial charge in [0.15, 0.2) is 0 Å². The van der Waals surface area contributed by atoms with Gasteiger partial charge in [0.2, 0.25) is 0 Å². The van der Waals surface area contributed by atoms with Crippen molar-refractivity contribution in [1.29, 1.82) is 0 Å². The molecule has 0 saturated heterocycles. The molecule has 3 nitrogen and oxygen atoms in total. The number of benzene rings is 1. The van der Waals surface area contributed by atoms with Crippen LogP contribution in [-0.2, 0) is 6.54 Å². The van der Waals surface area contributed by atoms with Gasteiger partial charge in [0.25, 0.3) is 0 Å². The number of aryl methyl sites for hydroxylation is 1. The summed E-state index contributed by atoms with van der Waals surface area (Å²) in [5, 5.41) is 0. The predicted molar refractivity (Wildman–Crippen MR) is 73.1 cm³/mol. The van der Waals surface area contributed by atoms with Gasteiger partial charge in [-0.2, -0.15) is 0 Å². The molecular formula is C14H21N3. The van der Waals surface area contributed by atoms with Gasteiger partial charge in [-0.05, 0) is 31.5 Å². The summed E-state index contributed by atoms with van der Waals surface area (Å²) in [6.45, 7) is 7.57. The van der Waals surface area contributed by atoms with Gasteiger partial charge in [0.1, 0.15) is 5.82 Å². The molecule has 17 heavy (non-hydrogen) atoms. The minimum absolute atomic E-state index is 0.508. The van der Waals surface area contributed by atoms with E-state index < -0.39 is 0 Å². The monoisotopic (exact) mass is 231 g/mol. The maximum atomic E-state index is 5.85. The number of imidazole rings is 1. The Kier molecular flexibility index (Phi) is 3.36. The van der Waals surface area contributed by atoms with Crippen molar-refractivity contribution in [1.82, 2.24) is 9.55 Å². The lowest BCUT2D eigenvalue weighted by molar-refractivity contribution is 0.586. The number of nitrogens with zero attached hydrogens (tertiary/aromatic N) is 2. The van der Waals surface area contributed by atoms with Gasteiger partial charge in [0.05, 0.1) is 11.0 Å². The van der Waals surface area contributed by atoms with Gasteiger partial charge < -0.3 is 10.3 Å². The van der Waals surface area contributed by atoms with Gasteiger partial charge in [-0.1, -0.05) is 20.3 Å². The normalized spacial score (nSPS) is 13.1. The largest absolute Gasteiger partial charge is 0.399 e. The van der Waals surface area contributed by atoms with Crippen LogP contribution in [0.4, 0.5) is 5.69 Å². The number of nitrogens with two attached hydrogens (primary N) is 1. The molecule has 2 N–H and O–H groups in total. The summed E-state index contributed by atoms with van der Waals surface area (Å²) in [5.74, 6) is 1.70. The second kappa shape index (κ2) is 4.78. The molecule has 1 heterocycles. The van der Waals surface area contributed by atoms with Crippen molar-refractivity contribution in [2.45, 2.75) is 46.1 Å². The molecule has 1 atom stereocenters. The molecular weight excluding hydrogens is 210 g/mol. The van der Waals surface area contributed by atoms with E-state index >= 15 is 0 Å². The first-order valence-electron chi connectivity index (χ1n) is 6.43. The summed E-state index contributed by atoms with van der Waals surface area (Å²) in [4.78, 5) is 4.75. The Balaban J connectivity index is 2.55. The van der Waals surface area contributed by atoms with E-state index in [0.29, 0.717) is 5.92 Å². The first-order valence-corrected chi connectivity index (χ1v) is 6.43. The highest BCUT2D eigenvalue weighted by Gasteiger charge is 2.15. The number of nitrogen functional groups attached to an aromatic ring is 1. The first-order chi connectivity index (χ1) is 8.17. The third-order valence-electron chi connectivity index (χ3n) is 3.28. The molecule has 1 aromatic heterocycles. The highest BCUT2D eigenvalue weighted by atomic mass is 15.1. The van der Waals surface area contributed by atoms with E-state index in [2.05, 4.69) is 25.3 Å². The van der Waals surface area contributed by atoms with Crippen LogP contribution in [0, 0.1) is 0 Å². The molecule has 0 spiro atoms. The summed E-state index contributed by atoms with van der Waals surface area (Å²) in [5.41, 5.74) is 8.87. The quantitative estimate of drug-likeness (QED) is 0.818. The highest BCUT2D eigenvalue weighted by molar-refractivity contribution is 5.79. The zero-order valence-electron chi connectivity index (χ0n) is 10.9. The average Bonchev–Trinajstić information content (AvgIpc) is 2.67. The molecule has 1 aromatic carbocycles. The van der Waals surface area contributed by atoms with E-state index in [4.69, 9.17) is 10.7 Å². The van der Waals surface area contributed by atoms with Gasteiger partial charge in [-0.3, -0.25) is 0 Å². The summed E-state index contributed by atoms with van der Waals surface area (Å²) < 4.78 is 2.28. The van der Waals surface area contributed by atoms with Crippen LogP contribution in [0.15, 0.2) is 18.2 Å². The summed E-state index contributed by atoms with van der Waals surface area (Å²) in [6, 6.07) is 5.95. The molecule has 0 aliphatic rings. The molecule has 3 heteroatoms. The molecule has 0 amide bonds. The van der Waals surface area contributed by atoms with Crippen molar-refractivity contribution in [2.24, 2.45) is 0 Å². The van der Waals surface area contributed by atoms with E-state index in [9.17, 15) is 0 Å². The Hall–Kier alpha value is -1.51. The van der Waals surface area contributed by atoms with Crippen molar-refractivity contribution < 1.29 is 0 Å². The Morgan fingerprint density at radius 1 is 1.35 bits per heavy atom. The van der Waals surface area contributed by atoms with Crippen LogP contribution < -0.4 is 5.73 Å². The summed E-state index contributed by atoms with van der Waals surface area (Å²) >= 11 is 0. The SMILES string of the molecule is CCCC(C)c1nc2ccc(N)cc2n1CC. The molecule has 0 radical (unpaired) electrons. The Morgan fingerprint density at radius 2 is 2.12 bits per heavy atom. The molecule has 0 bridgehead atoms. The number of hydrogen-bond acceptors (Lipinski definition) is 2. The van der Waals surface area contributed by atoms with Crippen LogP contribution in [-0.4, -0.2) is 9.55 Å². The lowest BCUT2D eigenvalue weighted by Crippen LogP contribution is -2.05. The Bertz CT molecular complexity index is 513. The minimum atomic E-state index is 0.508. The summed E-state index contributed by atoms with van der Waals surface area (Å²) in [6.07, 6.45) is 2.37. The second-order valence-corrected chi connectivity index (χ2v) is 4.65. The predicted octanol–water partition coefficient (Wildman–Crippen LogP) is 3.54. The fourth-order valence-corrected chi connectivity index (χ4v) is 2.43. The highest BCUT2D eigenvalue weighted by Crippen LogP contribution is 2.26. The third-order valence-corrected chi connectivity index (χ3v) is 3.28. The zero-order valence-corrected chi connectivity index (χ0v) is 10.9. The van der Waals surface area contributed by atoms with E-state index in [1.807, 2.05) is 18.2 Å². The fourth-order valence-electron chi connectivity index (χ4n) is 2.43. The van der Waals surface area contributed by atoms with Crippen LogP contribution in [0.5, 0.6) is 0 Å². The number of anilines is 1. The van der Waals surface area contributed by atoms with Crippen molar-refractivity contribution >= 4 is 16.7 Å². The van der Waals surface area contributed by atoms with Gasteiger partial charge in [0, 0.05) is 18.2 Å². The van der Waals surface area contributed by atoms with Crippen LogP contribution in [0.2, 0.25) is 0 Å². The fraction of sp³-hybridized carbons (Fsp3) is 0.500. The van der Waals surface area contributed by atoms with Gasteiger partial charge in [-0.15, -0.1) is 0 Å². The van der Waals surface area contributed by atoms with Crippen molar-refractivity contribution in [3.63, 3.8) is 0 Å². The summed E-state index contributed by atoms with van der Waals surface area (Å²) in [7, 11) is 0. The smallest absolute Gasteiger partial charge is 0.112 e. The molecule has 1 unspecified atom stereocenters. The van der Waals surface area contributed by atoms with Crippen molar-refractivity contribution in [2.75, 3.05) is 5.73 Å². The van der Waals surface area contributed by atoms with Crippen LogP contribution in [0.3, 0.4) is 0 Å². The maximum absolute atomic E-state index is 5.85. The van der Waals surface area contributed by atoms with Crippen molar-refractivity contribution in [3.05, 3.63) is 24.0 Å². The number of aromatic nitrogens is 2. The minimum Gasteiger partial charge on any atom is -0.399 e. The maximum Gasteiger partial charge on any atom is 0.112 e. The zero-order chi connectivity index (χ0) is 12.4. The van der Waals surface area contributed by atoms with E-state index in [1.165, 1.54) is 18.7 Å². The number of fused-ring (bicyclic) bond motifs is 1. The van der Waals surface area contributed by atoms with E-state index in [1.54, 1.807) is 0 Å². The lowest BCUT2D eigenvalue weighted by atomic mass is 10.1. The molecule has 0 aliphatic heterocycles. The Labute approximate surface area is 103 Å². The lowest BCUT2D eigenvalue weighted by Gasteiger charge is -2.12. The van der Waals surface area contributed by atoms with Gasteiger partial charge in [-0.25, -0.2) is 4.98 Å². The van der Waals surface area contributed by atoms with E-state index in [0.717, 1.165) is 23.3 Å². The molecule has 2 aromatic rings. The van der Waals surface area contributed by atoms with Gasteiger partial charge >= 0.3 is 0 Å². The standard InChI is InChI=1S/C14H21N3/c1-4-6-10(3)14-16-12-8-7-11(15)9-13(12)17(14)5-2/h7-10H,4-6,15H2,1-3H3.